The Kier molecular flexibility index (Phi) is 9.56. The molecule has 226 valence electrons. The zero-order valence-corrected chi connectivity index (χ0v) is 24.0. The Bertz CT molecular complexity index is 1510. The van der Waals surface area contributed by atoms with Crippen molar-refractivity contribution in [3.63, 3.8) is 0 Å². The zero-order chi connectivity index (χ0) is 29.6. The number of nitrogens with zero attached hydrogens (tertiary/aromatic N) is 4. The van der Waals surface area contributed by atoms with E-state index in [1.54, 1.807) is 22.6 Å². The average Bonchev–Trinajstić information content (AvgIpc) is 3.03. The van der Waals surface area contributed by atoms with E-state index in [1.165, 1.54) is 36.0 Å². The number of hydrogen-bond donors (Lipinski definition) is 0. The molecular formula is C31H38F2N4O5. The van der Waals surface area contributed by atoms with Crippen LogP contribution in [0.5, 0.6) is 11.5 Å². The number of ether oxygens (including phenoxy) is 2. The van der Waals surface area contributed by atoms with Gasteiger partial charge in [0.2, 0.25) is 6.41 Å². The summed E-state index contributed by atoms with van der Waals surface area (Å²) in [6.07, 6.45) is 4.24. The number of amides is 1. The molecule has 0 spiro atoms. The number of carbonyl (C=O) groups is 1. The Morgan fingerprint density at radius 1 is 0.952 bits per heavy atom. The van der Waals surface area contributed by atoms with Gasteiger partial charge in [0, 0.05) is 31.2 Å². The summed E-state index contributed by atoms with van der Waals surface area (Å²) < 4.78 is 40.3. The summed E-state index contributed by atoms with van der Waals surface area (Å²) in [5, 5.41) is 0.218. The molecule has 1 amide bonds. The molecule has 0 atom stereocenters. The number of benzene rings is 2. The average molecular weight is 585 g/mol. The van der Waals surface area contributed by atoms with Crippen LogP contribution in [0, 0.1) is 0 Å². The molecule has 1 aromatic heterocycles. The number of aromatic nitrogens is 2. The largest absolute Gasteiger partial charge is 0.496 e. The quantitative estimate of drug-likeness (QED) is 0.320. The minimum absolute atomic E-state index is 0.0177. The van der Waals surface area contributed by atoms with Gasteiger partial charge in [-0.25, -0.2) is 13.6 Å². The first-order valence-electron chi connectivity index (χ1n) is 14.6. The number of alkyl halides is 2. The van der Waals surface area contributed by atoms with Crippen LogP contribution in [0.3, 0.4) is 0 Å². The van der Waals surface area contributed by atoms with Crippen molar-refractivity contribution in [2.24, 2.45) is 0 Å². The fourth-order valence-electron chi connectivity index (χ4n) is 6.03. The Morgan fingerprint density at radius 3 is 2.36 bits per heavy atom. The van der Waals surface area contributed by atoms with Gasteiger partial charge in [0.05, 0.1) is 24.6 Å². The van der Waals surface area contributed by atoms with E-state index in [9.17, 15) is 23.2 Å². The highest BCUT2D eigenvalue weighted by atomic mass is 19.1. The maximum absolute atomic E-state index is 14.0. The lowest BCUT2D eigenvalue weighted by Crippen LogP contribution is -2.44. The summed E-state index contributed by atoms with van der Waals surface area (Å²) in [4.78, 5) is 43.1. The molecule has 0 N–H and O–H groups in total. The van der Waals surface area contributed by atoms with Crippen LogP contribution in [0.1, 0.15) is 49.3 Å². The maximum Gasteiger partial charge on any atom is 0.332 e. The molecule has 0 saturated carbocycles. The van der Waals surface area contributed by atoms with Crippen LogP contribution in [0.2, 0.25) is 0 Å². The van der Waals surface area contributed by atoms with Crippen molar-refractivity contribution >= 4 is 17.3 Å². The highest BCUT2D eigenvalue weighted by Gasteiger charge is 2.25. The zero-order valence-electron chi connectivity index (χ0n) is 24.0. The van der Waals surface area contributed by atoms with Crippen LogP contribution >= 0.6 is 0 Å². The van der Waals surface area contributed by atoms with Gasteiger partial charge in [-0.15, -0.1) is 0 Å². The summed E-state index contributed by atoms with van der Waals surface area (Å²) in [6.45, 7) is 1.85. The number of piperidine rings is 2. The summed E-state index contributed by atoms with van der Waals surface area (Å²) >= 11 is 0. The second kappa shape index (κ2) is 13.5. The monoisotopic (exact) mass is 584 g/mol. The van der Waals surface area contributed by atoms with E-state index < -0.39 is 30.7 Å². The van der Waals surface area contributed by atoms with Crippen LogP contribution in [0.15, 0.2) is 46.0 Å². The lowest BCUT2D eigenvalue weighted by atomic mass is 10.0. The molecule has 3 aromatic rings. The molecule has 2 fully saturated rings. The SMILES string of the molecule is COc1cc(Cn2c(=O)c3cc(OC(CF)CF)ccc3n(C3CCN(C=O)CC3)c2=O)ccc1CN1CCCCC1. The van der Waals surface area contributed by atoms with E-state index in [-0.39, 0.29) is 23.7 Å². The van der Waals surface area contributed by atoms with E-state index in [4.69, 9.17) is 9.47 Å². The second-order valence-corrected chi connectivity index (χ2v) is 11.1. The first-order valence-corrected chi connectivity index (χ1v) is 14.6. The molecule has 42 heavy (non-hydrogen) atoms. The van der Waals surface area contributed by atoms with Gasteiger partial charge >= 0.3 is 5.69 Å². The van der Waals surface area contributed by atoms with E-state index in [2.05, 4.69) is 4.90 Å². The Labute approximate surface area is 243 Å². The van der Waals surface area contributed by atoms with Gasteiger partial charge in [-0.2, -0.15) is 0 Å². The van der Waals surface area contributed by atoms with Crippen molar-refractivity contribution in [2.45, 2.75) is 57.3 Å². The normalized spacial score (nSPS) is 16.7. The van der Waals surface area contributed by atoms with Gasteiger partial charge in [-0.05, 0) is 68.6 Å². The molecule has 2 aliphatic rings. The summed E-state index contributed by atoms with van der Waals surface area (Å²) in [7, 11) is 1.61. The van der Waals surface area contributed by atoms with Gasteiger partial charge in [0.25, 0.3) is 5.56 Å². The van der Waals surface area contributed by atoms with Gasteiger partial charge in [0.15, 0.2) is 6.10 Å². The minimum Gasteiger partial charge on any atom is -0.496 e. The molecular weight excluding hydrogens is 546 g/mol. The molecule has 9 nitrogen and oxygen atoms in total. The summed E-state index contributed by atoms with van der Waals surface area (Å²) in [5.74, 6) is 0.851. The Morgan fingerprint density at radius 2 is 1.69 bits per heavy atom. The molecule has 11 heteroatoms. The molecule has 2 aromatic carbocycles. The van der Waals surface area contributed by atoms with E-state index in [0.717, 1.165) is 37.2 Å². The van der Waals surface area contributed by atoms with Crippen molar-refractivity contribution in [3.8, 4) is 11.5 Å². The topological polar surface area (TPSA) is 86.0 Å². The number of methoxy groups -OCH3 is 1. The van der Waals surface area contributed by atoms with E-state index in [1.807, 2.05) is 18.2 Å². The molecule has 0 bridgehead atoms. The highest BCUT2D eigenvalue weighted by molar-refractivity contribution is 5.80. The van der Waals surface area contributed by atoms with E-state index in [0.29, 0.717) is 37.2 Å². The number of hydrogen-bond acceptors (Lipinski definition) is 6. The molecule has 5 rings (SSSR count). The third kappa shape index (κ3) is 6.35. The lowest BCUT2D eigenvalue weighted by Gasteiger charge is -2.31. The van der Waals surface area contributed by atoms with Crippen molar-refractivity contribution in [1.82, 2.24) is 18.9 Å². The third-order valence-electron chi connectivity index (χ3n) is 8.34. The van der Waals surface area contributed by atoms with E-state index >= 15 is 0 Å². The number of carbonyl (C=O) groups excluding carboxylic acids is 1. The van der Waals surface area contributed by atoms with Crippen LogP contribution in [-0.2, 0) is 17.9 Å². The first kappa shape index (κ1) is 29.8. The summed E-state index contributed by atoms with van der Waals surface area (Å²) in [5.41, 5.74) is 1.23. The molecule has 0 unspecified atom stereocenters. The molecule has 2 saturated heterocycles. The minimum atomic E-state index is -1.28. The third-order valence-corrected chi connectivity index (χ3v) is 8.34. The fourth-order valence-corrected chi connectivity index (χ4v) is 6.03. The number of rotatable bonds is 11. The Hall–Kier alpha value is -3.73. The fraction of sp³-hybridized carbons (Fsp3) is 0.516. The van der Waals surface area contributed by atoms with Gasteiger partial charge in [-0.3, -0.25) is 23.6 Å². The number of likely N-dealkylation sites (tertiary alicyclic amines) is 2. The van der Waals surface area contributed by atoms with Gasteiger partial charge < -0.3 is 14.4 Å². The second-order valence-electron chi connectivity index (χ2n) is 11.1. The van der Waals surface area contributed by atoms with Crippen molar-refractivity contribution in [1.29, 1.82) is 0 Å². The number of halogens is 2. The number of fused-ring (bicyclic) bond motifs is 1. The standard InChI is InChI=1S/C31H38F2N4O5/c1-41-29-15-22(5-6-23(29)20-34-11-3-2-4-12-34)19-36-30(39)27-16-25(42-26(17-32)18-33)7-8-28(27)37(31(36)40)24-9-13-35(21-38)14-10-24/h5-8,15-16,21,24,26H,2-4,9-14,17-20H2,1H3. The Balaban J connectivity index is 1.54. The molecule has 3 heterocycles. The molecule has 2 aliphatic heterocycles. The van der Waals surface area contributed by atoms with Gasteiger partial charge in [0.1, 0.15) is 24.8 Å². The highest BCUT2D eigenvalue weighted by Crippen LogP contribution is 2.27. The first-order chi connectivity index (χ1) is 20.4. The van der Waals surface area contributed by atoms with Crippen molar-refractivity contribution < 1.29 is 23.0 Å². The smallest absolute Gasteiger partial charge is 0.332 e. The molecule has 0 radical (unpaired) electrons. The summed E-state index contributed by atoms with van der Waals surface area (Å²) in [6, 6.07) is 10.1. The predicted molar refractivity (Wildman–Crippen MR) is 156 cm³/mol. The van der Waals surface area contributed by atoms with Crippen LogP contribution < -0.4 is 20.7 Å². The predicted octanol–water partition coefficient (Wildman–Crippen LogP) is 3.69. The maximum atomic E-state index is 14.0. The van der Waals surface area contributed by atoms with Crippen LogP contribution in [0.4, 0.5) is 8.78 Å². The van der Waals surface area contributed by atoms with Crippen molar-refractivity contribution in [3.05, 3.63) is 68.4 Å². The van der Waals surface area contributed by atoms with Crippen LogP contribution in [0.25, 0.3) is 10.9 Å². The lowest BCUT2D eigenvalue weighted by molar-refractivity contribution is -0.119. The molecule has 0 aliphatic carbocycles. The van der Waals surface area contributed by atoms with Gasteiger partial charge in [-0.1, -0.05) is 18.6 Å². The van der Waals surface area contributed by atoms with Crippen LogP contribution in [-0.4, -0.2) is 78.1 Å². The van der Waals surface area contributed by atoms with Crippen molar-refractivity contribution in [2.75, 3.05) is 46.6 Å².